The van der Waals surface area contributed by atoms with Crippen LogP contribution < -0.4 is 10.6 Å². The molecular formula is C18H19N5OS. The minimum atomic E-state index is -0.380. The lowest BCUT2D eigenvalue weighted by atomic mass is 10.0. The molecule has 0 spiro atoms. The Morgan fingerprint density at radius 3 is 2.56 bits per heavy atom. The maximum absolute atomic E-state index is 12.0. The number of fused-ring (bicyclic) bond motifs is 1. The quantitative estimate of drug-likeness (QED) is 0.777. The number of hydrogen-bond acceptors (Lipinski definition) is 6. The number of piperazine rings is 1. The smallest absolute Gasteiger partial charge is 0.239 e. The standard InChI is InChI=1S/C18H19N5OS/c19-16(24)15(13-4-2-1-3-5-13)22-7-9-23(10-8-22)17-14-6-11-25-18(14)21-12-20-17/h1-6,11-12,15H,7-10H2,(H2,19,24). The molecule has 1 saturated heterocycles. The number of hydrogen-bond donors (Lipinski definition) is 1. The van der Waals surface area contributed by atoms with Crippen molar-refractivity contribution in [1.82, 2.24) is 14.9 Å². The number of carbonyl (C=O) groups excluding carboxylic acids is 1. The number of nitrogens with zero attached hydrogens (tertiary/aromatic N) is 4. The molecule has 0 aliphatic carbocycles. The molecule has 1 aliphatic heterocycles. The molecule has 1 atom stereocenters. The highest BCUT2D eigenvalue weighted by molar-refractivity contribution is 7.16. The lowest BCUT2D eigenvalue weighted by Gasteiger charge is -2.38. The molecular weight excluding hydrogens is 334 g/mol. The van der Waals surface area contributed by atoms with E-state index in [0.29, 0.717) is 0 Å². The van der Waals surface area contributed by atoms with Crippen molar-refractivity contribution in [2.45, 2.75) is 6.04 Å². The summed E-state index contributed by atoms with van der Waals surface area (Å²) < 4.78 is 0. The first-order valence-electron chi connectivity index (χ1n) is 8.25. The van der Waals surface area contributed by atoms with Crippen LogP contribution in [0.3, 0.4) is 0 Å². The predicted octanol–water partition coefficient (Wildman–Crippen LogP) is 2.04. The van der Waals surface area contributed by atoms with E-state index in [1.807, 2.05) is 35.7 Å². The maximum Gasteiger partial charge on any atom is 0.239 e. The van der Waals surface area contributed by atoms with Crippen molar-refractivity contribution in [3.05, 3.63) is 53.7 Å². The molecule has 1 unspecified atom stereocenters. The van der Waals surface area contributed by atoms with Gasteiger partial charge in [0.15, 0.2) is 0 Å². The monoisotopic (exact) mass is 353 g/mol. The fourth-order valence-electron chi connectivity index (χ4n) is 3.41. The Labute approximate surface area is 149 Å². The molecule has 1 aliphatic rings. The molecule has 1 aromatic carbocycles. The molecule has 6 nitrogen and oxygen atoms in total. The largest absolute Gasteiger partial charge is 0.368 e. The summed E-state index contributed by atoms with van der Waals surface area (Å²) in [6.45, 7) is 3.13. The minimum absolute atomic E-state index is 0.304. The van der Waals surface area contributed by atoms with Crippen molar-refractivity contribution < 1.29 is 4.79 Å². The average Bonchev–Trinajstić information content (AvgIpc) is 3.12. The molecule has 0 radical (unpaired) electrons. The van der Waals surface area contributed by atoms with Gasteiger partial charge in [0.25, 0.3) is 0 Å². The Bertz CT molecular complexity index is 873. The fraction of sp³-hybridized carbons (Fsp3) is 0.278. The molecule has 7 heteroatoms. The Hall–Kier alpha value is -2.51. The van der Waals surface area contributed by atoms with Gasteiger partial charge >= 0.3 is 0 Å². The zero-order chi connectivity index (χ0) is 17.2. The predicted molar refractivity (Wildman–Crippen MR) is 99.6 cm³/mol. The van der Waals surface area contributed by atoms with Gasteiger partial charge in [0.1, 0.15) is 23.0 Å². The summed E-state index contributed by atoms with van der Waals surface area (Å²) in [5.41, 5.74) is 6.64. The van der Waals surface area contributed by atoms with Gasteiger partial charge in [-0.05, 0) is 17.0 Å². The summed E-state index contributed by atoms with van der Waals surface area (Å²) in [5, 5.41) is 3.13. The van der Waals surface area contributed by atoms with Crippen molar-refractivity contribution in [3.63, 3.8) is 0 Å². The van der Waals surface area contributed by atoms with Gasteiger partial charge in [-0.15, -0.1) is 11.3 Å². The number of anilines is 1. The van der Waals surface area contributed by atoms with Crippen LogP contribution in [0, 0.1) is 0 Å². The Kier molecular flexibility index (Phi) is 4.33. The second-order valence-corrected chi connectivity index (χ2v) is 6.97. The van der Waals surface area contributed by atoms with Crippen LogP contribution in [-0.2, 0) is 4.79 Å². The summed E-state index contributed by atoms with van der Waals surface area (Å²) in [6, 6.07) is 11.4. The number of nitrogens with two attached hydrogens (primary N) is 1. The van der Waals surface area contributed by atoms with Gasteiger partial charge in [-0.1, -0.05) is 30.3 Å². The van der Waals surface area contributed by atoms with Gasteiger partial charge < -0.3 is 10.6 Å². The minimum Gasteiger partial charge on any atom is -0.368 e. The zero-order valence-electron chi connectivity index (χ0n) is 13.7. The number of carbonyl (C=O) groups is 1. The first-order chi connectivity index (χ1) is 12.2. The molecule has 25 heavy (non-hydrogen) atoms. The average molecular weight is 353 g/mol. The van der Waals surface area contributed by atoms with Crippen LogP contribution in [0.2, 0.25) is 0 Å². The van der Waals surface area contributed by atoms with Crippen molar-refractivity contribution >= 4 is 33.3 Å². The molecule has 2 aromatic heterocycles. The Balaban J connectivity index is 1.53. The summed E-state index contributed by atoms with van der Waals surface area (Å²) in [7, 11) is 0. The van der Waals surface area contributed by atoms with Crippen LogP contribution in [0.15, 0.2) is 48.1 Å². The lowest BCUT2D eigenvalue weighted by molar-refractivity contribution is -0.123. The number of amides is 1. The second-order valence-electron chi connectivity index (χ2n) is 6.08. The molecule has 0 bridgehead atoms. The second kappa shape index (κ2) is 6.78. The topological polar surface area (TPSA) is 75.4 Å². The molecule has 1 fully saturated rings. The van der Waals surface area contributed by atoms with Crippen molar-refractivity contribution in [2.24, 2.45) is 5.73 Å². The van der Waals surface area contributed by atoms with E-state index in [9.17, 15) is 4.79 Å². The summed E-state index contributed by atoms with van der Waals surface area (Å²) in [4.78, 5) is 26.2. The number of thiophene rings is 1. The van der Waals surface area contributed by atoms with Crippen LogP contribution in [0.5, 0.6) is 0 Å². The van der Waals surface area contributed by atoms with Crippen LogP contribution in [-0.4, -0.2) is 47.0 Å². The zero-order valence-corrected chi connectivity index (χ0v) is 14.5. The van der Waals surface area contributed by atoms with E-state index in [2.05, 4.69) is 25.8 Å². The van der Waals surface area contributed by atoms with Crippen molar-refractivity contribution in [2.75, 3.05) is 31.1 Å². The molecule has 3 aromatic rings. The summed E-state index contributed by atoms with van der Waals surface area (Å²) >= 11 is 1.62. The molecule has 0 saturated carbocycles. The highest BCUT2D eigenvalue weighted by atomic mass is 32.1. The van der Waals surface area contributed by atoms with E-state index < -0.39 is 0 Å². The van der Waals surface area contributed by atoms with Crippen LogP contribution in [0.4, 0.5) is 5.82 Å². The number of benzene rings is 1. The van der Waals surface area contributed by atoms with Crippen LogP contribution in [0.25, 0.3) is 10.2 Å². The Morgan fingerprint density at radius 2 is 1.84 bits per heavy atom. The van der Waals surface area contributed by atoms with Crippen molar-refractivity contribution in [3.8, 4) is 0 Å². The highest BCUT2D eigenvalue weighted by Gasteiger charge is 2.29. The first kappa shape index (κ1) is 16.0. The van der Waals surface area contributed by atoms with Gasteiger partial charge in [-0.25, -0.2) is 9.97 Å². The number of aromatic nitrogens is 2. The normalized spacial score (nSPS) is 16.9. The van der Waals surface area contributed by atoms with E-state index >= 15 is 0 Å². The third kappa shape index (κ3) is 3.08. The molecule has 128 valence electrons. The van der Waals surface area contributed by atoms with Gasteiger partial charge in [-0.3, -0.25) is 9.69 Å². The van der Waals surface area contributed by atoms with Crippen molar-refractivity contribution in [1.29, 1.82) is 0 Å². The fourth-order valence-corrected chi connectivity index (χ4v) is 4.14. The lowest BCUT2D eigenvalue weighted by Crippen LogP contribution is -2.50. The van der Waals surface area contributed by atoms with Crippen LogP contribution in [0.1, 0.15) is 11.6 Å². The van der Waals surface area contributed by atoms with E-state index in [4.69, 9.17) is 5.73 Å². The highest BCUT2D eigenvalue weighted by Crippen LogP contribution is 2.29. The number of rotatable bonds is 4. The molecule has 3 heterocycles. The summed E-state index contributed by atoms with van der Waals surface area (Å²) in [6.07, 6.45) is 1.62. The van der Waals surface area contributed by atoms with Gasteiger partial charge in [0, 0.05) is 26.2 Å². The molecule has 2 N–H and O–H groups in total. The third-order valence-corrected chi connectivity index (χ3v) is 5.43. The maximum atomic E-state index is 12.0. The summed E-state index contributed by atoms with van der Waals surface area (Å²) in [5.74, 6) is 0.670. The molecule has 1 amide bonds. The SMILES string of the molecule is NC(=O)C(c1ccccc1)N1CCN(c2ncnc3sccc23)CC1. The number of primary amides is 1. The third-order valence-electron chi connectivity index (χ3n) is 4.60. The first-order valence-corrected chi connectivity index (χ1v) is 9.13. The van der Waals surface area contributed by atoms with E-state index in [1.165, 1.54) is 0 Å². The molecule has 4 rings (SSSR count). The van der Waals surface area contributed by atoms with E-state index in [0.717, 1.165) is 47.8 Å². The van der Waals surface area contributed by atoms with E-state index in [1.54, 1.807) is 17.7 Å². The van der Waals surface area contributed by atoms with E-state index in [-0.39, 0.29) is 11.9 Å². The Morgan fingerprint density at radius 1 is 1.08 bits per heavy atom. The van der Waals surface area contributed by atoms with Gasteiger partial charge in [-0.2, -0.15) is 0 Å². The van der Waals surface area contributed by atoms with Gasteiger partial charge in [0.05, 0.1) is 5.39 Å². The van der Waals surface area contributed by atoms with Gasteiger partial charge in [0.2, 0.25) is 5.91 Å². The van der Waals surface area contributed by atoms with Crippen LogP contribution >= 0.6 is 11.3 Å².